The number of amides is 1. The van der Waals surface area contributed by atoms with Gasteiger partial charge in [-0.05, 0) is 61.2 Å². The first-order chi connectivity index (χ1) is 19.8. The first-order valence-corrected chi connectivity index (χ1v) is 14.8. The van der Waals surface area contributed by atoms with Gasteiger partial charge in [-0.3, -0.25) is 10.0 Å². The lowest BCUT2D eigenvalue weighted by atomic mass is 10.1. The SMILES string of the molecule is COc1ccc(S(=O)(=O)C(CCCCc2ccccc2)CC(=O)NO)cc1OCc1nc(-c2ccc(Cl)cc2)no1. The molecule has 12 heteroatoms. The van der Waals surface area contributed by atoms with E-state index in [4.69, 9.17) is 30.8 Å². The molecule has 10 nitrogen and oxygen atoms in total. The number of rotatable bonds is 14. The number of methoxy groups -OCH3 is 1. The normalized spacial score (nSPS) is 12.1. The number of benzene rings is 3. The van der Waals surface area contributed by atoms with Gasteiger partial charge in [0.25, 0.3) is 5.89 Å². The highest BCUT2D eigenvalue weighted by Gasteiger charge is 2.30. The fourth-order valence-electron chi connectivity index (χ4n) is 4.27. The maximum absolute atomic E-state index is 13.6. The zero-order valence-corrected chi connectivity index (χ0v) is 23.9. The Morgan fingerprint density at radius 3 is 2.51 bits per heavy atom. The minimum Gasteiger partial charge on any atom is -0.493 e. The molecule has 3 aromatic carbocycles. The van der Waals surface area contributed by atoms with Crippen LogP contribution in [0, 0.1) is 0 Å². The largest absolute Gasteiger partial charge is 0.493 e. The standard InChI is InChI=1S/C29H30ClN3O7S/c1-38-25-16-15-24(17-26(25)39-19-28-31-29(33-40-28)21-11-13-22(30)14-12-21)41(36,37)23(18-27(34)32-35)10-6-5-9-20-7-3-2-4-8-20/h2-4,7-8,11-17,23,35H,5-6,9-10,18-19H2,1H3,(H,32,34). The molecule has 4 rings (SSSR count). The molecule has 0 radical (unpaired) electrons. The zero-order valence-electron chi connectivity index (χ0n) is 22.3. The highest BCUT2D eigenvalue weighted by atomic mass is 35.5. The Kier molecular flexibility index (Phi) is 10.3. The van der Waals surface area contributed by atoms with Crippen molar-refractivity contribution in [1.29, 1.82) is 0 Å². The van der Waals surface area contributed by atoms with E-state index in [2.05, 4.69) is 10.1 Å². The van der Waals surface area contributed by atoms with Crippen LogP contribution < -0.4 is 15.0 Å². The van der Waals surface area contributed by atoms with Crippen molar-refractivity contribution in [3.63, 3.8) is 0 Å². The highest BCUT2D eigenvalue weighted by molar-refractivity contribution is 7.92. The molecule has 0 aliphatic rings. The second kappa shape index (κ2) is 14.1. The van der Waals surface area contributed by atoms with Crippen molar-refractivity contribution in [3.05, 3.63) is 89.3 Å². The van der Waals surface area contributed by atoms with E-state index < -0.39 is 21.0 Å². The number of aryl methyl sites for hydroxylation is 1. The number of ether oxygens (including phenoxy) is 2. The summed E-state index contributed by atoms with van der Waals surface area (Å²) in [6, 6.07) is 21.0. The summed E-state index contributed by atoms with van der Waals surface area (Å²) in [5.41, 5.74) is 3.40. The van der Waals surface area contributed by atoms with Gasteiger partial charge < -0.3 is 14.0 Å². The van der Waals surface area contributed by atoms with Crippen molar-refractivity contribution < 1.29 is 32.4 Å². The van der Waals surface area contributed by atoms with Crippen LogP contribution in [0.2, 0.25) is 5.02 Å². The third-order valence-corrected chi connectivity index (χ3v) is 8.89. The Balaban J connectivity index is 1.48. The maximum atomic E-state index is 13.6. The van der Waals surface area contributed by atoms with Crippen LogP contribution in [0.15, 0.2) is 82.2 Å². The highest BCUT2D eigenvalue weighted by Crippen LogP contribution is 2.33. The number of aromatic nitrogens is 2. The quantitative estimate of drug-likeness (QED) is 0.110. The fraction of sp³-hybridized carbons (Fsp3) is 0.276. The molecule has 0 saturated heterocycles. The Morgan fingerprint density at radius 2 is 1.80 bits per heavy atom. The molecule has 1 heterocycles. The molecule has 2 N–H and O–H groups in total. The summed E-state index contributed by atoms with van der Waals surface area (Å²) in [4.78, 5) is 16.3. The van der Waals surface area contributed by atoms with Gasteiger partial charge in [-0.2, -0.15) is 4.98 Å². The van der Waals surface area contributed by atoms with E-state index in [0.717, 1.165) is 18.4 Å². The number of nitrogens with one attached hydrogen (secondary N) is 1. The monoisotopic (exact) mass is 599 g/mol. The molecule has 0 aliphatic carbocycles. The van der Waals surface area contributed by atoms with Gasteiger partial charge in [-0.1, -0.05) is 53.5 Å². The summed E-state index contributed by atoms with van der Waals surface area (Å²) in [6.07, 6.45) is 1.96. The van der Waals surface area contributed by atoms with Crippen molar-refractivity contribution >= 4 is 27.3 Å². The summed E-state index contributed by atoms with van der Waals surface area (Å²) >= 11 is 5.93. The zero-order chi connectivity index (χ0) is 29.2. The van der Waals surface area contributed by atoms with Gasteiger partial charge in [-0.25, -0.2) is 13.9 Å². The summed E-state index contributed by atoms with van der Waals surface area (Å²) in [6.45, 7) is -0.143. The van der Waals surface area contributed by atoms with Gasteiger partial charge in [-0.15, -0.1) is 0 Å². The Hall–Kier alpha value is -3.93. The number of unbranched alkanes of at least 4 members (excludes halogenated alkanes) is 1. The number of sulfone groups is 1. The first kappa shape index (κ1) is 30.0. The third kappa shape index (κ3) is 8.06. The Morgan fingerprint density at radius 1 is 1.05 bits per heavy atom. The predicted octanol–water partition coefficient (Wildman–Crippen LogP) is 5.43. The number of hydroxylamine groups is 1. The lowest BCUT2D eigenvalue weighted by Crippen LogP contribution is -2.30. The number of nitrogens with zero attached hydrogens (tertiary/aromatic N) is 2. The molecule has 0 bridgehead atoms. The summed E-state index contributed by atoms with van der Waals surface area (Å²) < 4.78 is 43.8. The molecule has 1 unspecified atom stereocenters. The van der Waals surface area contributed by atoms with Crippen molar-refractivity contribution in [3.8, 4) is 22.9 Å². The van der Waals surface area contributed by atoms with Crippen LogP contribution >= 0.6 is 11.6 Å². The smallest absolute Gasteiger partial charge is 0.264 e. The summed E-state index contributed by atoms with van der Waals surface area (Å²) in [5.74, 6) is 0.185. The van der Waals surface area contributed by atoms with Gasteiger partial charge in [0.15, 0.2) is 27.9 Å². The van der Waals surface area contributed by atoms with Gasteiger partial charge in [0.05, 0.1) is 17.3 Å². The lowest BCUT2D eigenvalue weighted by molar-refractivity contribution is -0.129. The van der Waals surface area contributed by atoms with E-state index in [0.29, 0.717) is 28.6 Å². The van der Waals surface area contributed by atoms with E-state index in [1.165, 1.54) is 25.3 Å². The lowest BCUT2D eigenvalue weighted by Gasteiger charge is -2.18. The van der Waals surface area contributed by atoms with Gasteiger partial charge in [0.1, 0.15) is 0 Å². The van der Waals surface area contributed by atoms with Crippen LogP contribution in [0.1, 0.15) is 37.1 Å². The molecular weight excluding hydrogens is 570 g/mol. The van der Waals surface area contributed by atoms with Crippen LogP contribution in [0.4, 0.5) is 0 Å². The van der Waals surface area contributed by atoms with Crippen LogP contribution in [-0.4, -0.2) is 42.0 Å². The molecule has 0 spiro atoms. The Labute approximate surface area is 243 Å². The van der Waals surface area contributed by atoms with Crippen LogP contribution in [0.3, 0.4) is 0 Å². The molecule has 1 amide bonds. The van der Waals surface area contributed by atoms with E-state index in [1.807, 2.05) is 30.3 Å². The van der Waals surface area contributed by atoms with E-state index in [-0.39, 0.29) is 36.0 Å². The molecule has 0 fully saturated rings. The Bertz CT molecular complexity index is 1540. The number of carbonyl (C=O) groups is 1. The average Bonchev–Trinajstić information content (AvgIpc) is 3.47. The molecule has 41 heavy (non-hydrogen) atoms. The predicted molar refractivity (Wildman–Crippen MR) is 152 cm³/mol. The van der Waals surface area contributed by atoms with Crippen molar-refractivity contribution in [2.24, 2.45) is 0 Å². The second-order valence-electron chi connectivity index (χ2n) is 9.26. The van der Waals surface area contributed by atoms with Gasteiger partial charge in [0, 0.05) is 23.1 Å². The maximum Gasteiger partial charge on any atom is 0.264 e. The molecule has 1 atom stereocenters. The second-order valence-corrected chi connectivity index (χ2v) is 11.9. The fourth-order valence-corrected chi connectivity index (χ4v) is 6.16. The minimum atomic E-state index is -3.99. The van der Waals surface area contributed by atoms with Crippen LogP contribution in [-0.2, 0) is 27.7 Å². The molecule has 216 valence electrons. The number of carbonyl (C=O) groups excluding carboxylic acids is 1. The number of hydrogen-bond acceptors (Lipinski definition) is 9. The van der Waals surface area contributed by atoms with Crippen molar-refractivity contribution in [2.75, 3.05) is 7.11 Å². The molecular formula is C29H30ClN3O7S. The number of halogens is 1. The molecule has 1 aromatic heterocycles. The molecule has 0 saturated carbocycles. The summed E-state index contributed by atoms with van der Waals surface area (Å²) in [5, 5.41) is 12.5. The van der Waals surface area contributed by atoms with Gasteiger partial charge in [0.2, 0.25) is 11.7 Å². The first-order valence-electron chi connectivity index (χ1n) is 12.9. The van der Waals surface area contributed by atoms with E-state index in [9.17, 15) is 13.2 Å². The van der Waals surface area contributed by atoms with Crippen molar-refractivity contribution in [2.45, 2.75) is 48.9 Å². The third-order valence-electron chi connectivity index (χ3n) is 6.45. The van der Waals surface area contributed by atoms with E-state index in [1.54, 1.807) is 29.7 Å². The average molecular weight is 600 g/mol. The van der Waals surface area contributed by atoms with E-state index >= 15 is 0 Å². The van der Waals surface area contributed by atoms with Gasteiger partial charge >= 0.3 is 0 Å². The molecule has 4 aromatic rings. The molecule has 0 aliphatic heterocycles. The summed E-state index contributed by atoms with van der Waals surface area (Å²) in [7, 11) is -2.55. The topological polar surface area (TPSA) is 141 Å². The minimum absolute atomic E-state index is 0.0421. The van der Waals surface area contributed by atoms with Crippen LogP contribution in [0.5, 0.6) is 11.5 Å². The van der Waals surface area contributed by atoms with Crippen molar-refractivity contribution in [1.82, 2.24) is 15.6 Å². The number of hydrogen-bond donors (Lipinski definition) is 2. The van der Waals surface area contributed by atoms with Crippen LogP contribution in [0.25, 0.3) is 11.4 Å².